The van der Waals surface area contributed by atoms with Gasteiger partial charge in [-0.2, -0.15) is 5.26 Å². The SMILES string of the molecule is CC(C)CNC(=O)C(C)Oc1ccc(C#N)c(Cl)c1. The van der Waals surface area contributed by atoms with Gasteiger partial charge >= 0.3 is 0 Å². The number of carbonyl (C=O) groups is 1. The van der Waals surface area contributed by atoms with E-state index in [1.165, 1.54) is 6.07 Å². The molecule has 1 atom stereocenters. The quantitative estimate of drug-likeness (QED) is 0.902. The van der Waals surface area contributed by atoms with Gasteiger partial charge in [0.2, 0.25) is 0 Å². The number of nitriles is 1. The minimum absolute atomic E-state index is 0.172. The van der Waals surface area contributed by atoms with E-state index in [1.807, 2.05) is 19.9 Å². The van der Waals surface area contributed by atoms with Crippen LogP contribution in [0.3, 0.4) is 0 Å². The second kappa shape index (κ2) is 7.01. The highest BCUT2D eigenvalue weighted by atomic mass is 35.5. The molecular weight excluding hydrogens is 264 g/mol. The number of hydrogen-bond acceptors (Lipinski definition) is 3. The van der Waals surface area contributed by atoms with Gasteiger partial charge in [0.25, 0.3) is 5.91 Å². The van der Waals surface area contributed by atoms with E-state index in [-0.39, 0.29) is 5.91 Å². The number of halogens is 1. The average molecular weight is 281 g/mol. The largest absolute Gasteiger partial charge is 0.481 e. The van der Waals surface area contributed by atoms with E-state index in [1.54, 1.807) is 19.1 Å². The van der Waals surface area contributed by atoms with Crippen molar-refractivity contribution in [2.75, 3.05) is 6.54 Å². The van der Waals surface area contributed by atoms with Crippen molar-refractivity contribution in [1.82, 2.24) is 5.32 Å². The number of nitrogens with zero attached hydrogens (tertiary/aromatic N) is 1. The van der Waals surface area contributed by atoms with Gasteiger partial charge in [-0.25, -0.2) is 0 Å². The van der Waals surface area contributed by atoms with Crippen LogP contribution in [0.5, 0.6) is 5.75 Å². The van der Waals surface area contributed by atoms with Crippen LogP contribution in [0.15, 0.2) is 18.2 Å². The third kappa shape index (κ3) is 4.80. The number of nitrogens with one attached hydrogen (secondary N) is 1. The number of amides is 1. The maximum atomic E-state index is 11.7. The van der Waals surface area contributed by atoms with Gasteiger partial charge in [-0.05, 0) is 25.0 Å². The number of ether oxygens (including phenoxy) is 1. The summed E-state index contributed by atoms with van der Waals surface area (Å²) < 4.78 is 5.48. The zero-order valence-electron chi connectivity index (χ0n) is 11.2. The van der Waals surface area contributed by atoms with Crippen molar-refractivity contribution >= 4 is 17.5 Å². The molecule has 0 radical (unpaired) electrons. The smallest absolute Gasteiger partial charge is 0.260 e. The van der Waals surface area contributed by atoms with Crippen molar-refractivity contribution in [1.29, 1.82) is 5.26 Å². The van der Waals surface area contributed by atoms with Crippen LogP contribution in [0, 0.1) is 17.2 Å². The number of benzene rings is 1. The molecule has 0 fully saturated rings. The molecule has 0 aromatic heterocycles. The van der Waals surface area contributed by atoms with Gasteiger partial charge in [-0.15, -0.1) is 0 Å². The lowest BCUT2D eigenvalue weighted by molar-refractivity contribution is -0.127. The maximum Gasteiger partial charge on any atom is 0.260 e. The van der Waals surface area contributed by atoms with Crippen molar-refractivity contribution in [2.45, 2.75) is 26.9 Å². The summed E-state index contributed by atoms with van der Waals surface area (Å²) in [6, 6.07) is 6.69. The van der Waals surface area contributed by atoms with Crippen LogP contribution in [0.2, 0.25) is 5.02 Å². The Morgan fingerprint density at radius 2 is 2.16 bits per heavy atom. The molecule has 0 saturated heterocycles. The van der Waals surface area contributed by atoms with Gasteiger partial charge in [-0.3, -0.25) is 4.79 Å². The van der Waals surface area contributed by atoms with Gasteiger partial charge in [0.05, 0.1) is 10.6 Å². The lowest BCUT2D eigenvalue weighted by Crippen LogP contribution is -2.38. The van der Waals surface area contributed by atoms with Crippen molar-refractivity contribution < 1.29 is 9.53 Å². The first kappa shape index (κ1) is 15.3. The minimum atomic E-state index is -0.609. The first-order chi connectivity index (χ1) is 8.93. The van der Waals surface area contributed by atoms with Crippen LogP contribution in [-0.4, -0.2) is 18.6 Å². The molecule has 19 heavy (non-hydrogen) atoms. The molecular formula is C14H17ClN2O2. The molecule has 0 aliphatic carbocycles. The van der Waals surface area contributed by atoms with E-state index in [9.17, 15) is 4.79 Å². The Balaban J connectivity index is 2.62. The average Bonchev–Trinajstić information content (AvgIpc) is 2.36. The molecule has 1 unspecified atom stereocenters. The molecule has 0 heterocycles. The Kier molecular flexibility index (Phi) is 5.65. The summed E-state index contributed by atoms with van der Waals surface area (Å²) in [5.74, 6) is 0.686. The fraction of sp³-hybridized carbons (Fsp3) is 0.429. The predicted molar refractivity (Wildman–Crippen MR) is 74.1 cm³/mol. The molecule has 1 N–H and O–H groups in total. The first-order valence-electron chi connectivity index (χ1n) is 6.08. The van der Waals surface area contributed by atoms with Crippen LogP contribution >= 0.6 is 11.6 Å². The van der Waals surface area contributed by atoms with Crippen LogP contribution in [0.4, 0.5) is 0 Å². The summed E-state index contributed by atoms with van der Waals surface area (Å²) in [6.45, 7) is 6.32. The topological polar surface area (TPSA) is 62.1 Å². The maximum absolute atomic E-state index is 11.7. The fourth-order valence-corrected chi connectivity index (χ4v) is 1.58. The van der Waals surface area contributed by atoms with Crippen molar-refractivity contribution in [2.24, 2.45) is 5.92 Å². The summed E-state index contributed by atoms with van der Waals surface area (Å²) in [5, 5.41) is 11.9. The zero-order valence-corrected chi connectivity index (χ0v) is 12.0. The van der Waals surface area contributed by atoms with E-state index in [0.717, 1.165) is 0 Å². The standard InChI is InChI=1S/C14H17ClN2O2/c1-9(2)8-17-14(18)10(3)19-12-5-4-11(7-16)13(15)6-12/h4-6,9-10H,8H2,1-3H3,(H,17,18). The minimum Gasteiger partial charge on any atom is -0.481 e. The van der Waals surface area contributed by atoms with Crippen LogP contribution in [-0.2, 0) is 4.79 Å². The monoisotopic (exact) mass is 280 g/mol. The molecule has 0 spiro atoms. The Morgan fingerprint density at radius 3 is 2.68 bits per heavy atom. The lowest BCUT2D eigenvalue weighted by Gasteiger charge is -2.16. The van der Waals surface area contributed by atoms with Crippen molar-refractivity contribution in [3.8, 4) is 11.8 Å². The van der Waals surface area contributed by atoms with E-state index in [2.05, 4.69) is 5.32 Å². The summed E-state index contributed by atoms with van der Waals surface area (Å²) in [7, 11) is 0. The molecule has 5 heteroatoms. The van der Waals surface area contributed by atoms with Crippen molar-refractivity contribution in [3.05, 3.63) is 28.8 Å². The van der Waals surface area contributed by atoms with Crippen LogP contribution in [0.1, 0.15) is 26.3 Å². The summed E-state index contributed by atoms with van der Waals surface area (Å²) >= 11 is 5.89. The van der Waals surface area contributed by atoms with Gasteiger partial charge in [0, 0.05) is 12.6 Å². The molecule has 0 aliphatic rings. The predicted octanol–water partition coefficient (Wildman–Crippen LogP) is 2.75. The molecule has 102 valence electrons. The molecule has 0 saturated carbocycles. The second-order valence-corrected chi connectivity index (χ2v) is 5.06. The normalized spacial score (nSPS) is 11.8. The molecule has 0 bridgehead atoms. The van der Waals surface area contributed by atoms with Gasteiger partial charge in [0.15, 0.2) is 6.10 Å². The molecule has 1 amide bonds. The zero-order chi connectivity index (χ0) is 14.4. The number of carbonyl (C=O) groups excluding carboxylic acids is 1. The van der Waals surface area contributed by atoms with Gasteiger partial charge in [0.1, 0.15) is 11.8 Å². The fourth-order valence-electron chi connectivity index (χ4n) is 1.37. The molecule has 0 aliphatic heterocycles. The molecule has 1 aromatic rings. The van der Waals surface area contributed by atoms with Crippen molar-refractivity contribution in [3.63, 3.8) is 0 Å². The Bertz CT molecular complexity index is 495. The Hall–Kier alpha value is -1.73. The number of hydrogen-bond donors (Lipinski definition) is 1. The first-order valence-corrected chi connectivity index (χ1v) is 6.46. The van der Waals surface area contributed by atoms with Gasteiger partial charge < -0.3 is 10.1 Å². The summed E-state index contributed by atoms with van der Waals surface area (Å²) in [6.07, 6.45) is -0.609. The second-order valence-electron chi connectivity index (χ2n) is 4.65. The highest BCUT2D eigenvalue weighted by Gasteiger charge is 2.15. The molecule has 1 rings (SSSR count). The Labute approximate surface area is 118 Å². The van der Waals surface area contributed by atoms with Crippen LogP contribution in [0.25, 0.3) is 0 Å². The van der Waals surface area contributed by atoms with E-state index in [4.69, 9.17) is 21.6 Å². The summed E-state index contributed by atoms with van der Waals surface area (Å²) in [4.78, 5) is 11.7. The highest BCUT2D eigenvalue weighted by molar-refractivity contribution is 6.31. The van der Waals surface area contributed by atoms with E-state index < -0.39 is 6.10 Å². The third-order valence-corrected chi connectivity index (χ3v) is 2.74. The highest BCUT2D eigenvalue weighted by Crippen LogP contribution is 2.22. The third-order valence-electron chi connectivity index (χ3n) is 2.43. The molecule has 4 nitrogen and oxygen atoms in total. The molecule has 1 aromatic carbocycles. The lowest BCUT2D eigenvalue weighted by atomic mass is 10.2. The van der Waals surface area contributed by atoms with Gasteiger partial charge in [-0.1, -0.05) is 25.4 Å². The van der Waals surface area contributed by atoms with Crippen LogP contribution < -0.4 is 10.1 Å². The summed E-state index contributed by atoms with van der Waals surface area (Å²) in [5.41, 5.74) is 0.380. The Morgan fingerprint density at radius 1 is 1.47 bits per heavy atom. The number of rotatable bonds is 5. The van der Waals surface area contributed by atoms with E-state index in [0.29, 0.717) is 28.8 Å². The van der Waals surface area contributed by atoms with E-state index >= 15 is 0 Å².